The van der Waals surface area contributed by atoms with Gasteiger partial charge in [-0.1, -0.05) is 30.3 Å². The molecule has 5 rings (SSSR count). The maximum absolute atomic E-state index is 12.7. The van der Waals surface area contributed by atoms with Crippen molar-refractivity contribution in [1.82, 2.24) is 10.3 Å². The normalized spacial score (nSPS) is 24.2. The lowest BCUT2D eigenvalue weighted by Crippen LogP contribution is -2.52. The molecule has 24 heavy (non-hydrogen) atoms. The molecule has 2 aromatic rings. The van der Waals surface area contributed by atoms with Gasteiger partial charge >= 0.3 is 0 Å². The molecule has 3 aliphatic carbocycles. The number of ether oxygens (including phenoxy) is 1. The van der Waals surface area contributed by atoms with Crippen LogP contribution in [-0.2, 0) is 6.61 Å². The van der Waals surface area contributed by atoms with E-state index in [1.807, 2.05) is 30.3 Å². The van der Waals surface area contributed by atoms with E-state index in [1.54, 1.807) is 0 Å². The van der Waals surface area contributed by atoms with Gasteiger partial charge in [0.1, 0.15) is 6.61 Å². The molecule has 0 radical (unpaired) electrons. The number of pyridine rings is 1. The molecule has 0 spiro atoms. The molecule has 1 aromatic heterocycles. The molecule has 1 heterocycles. The smallest absolute Gasteiger partial charge is 0.272 e. The number of amides is 1. The van der Waals surface area contributed by atoms with E-state index in [2.05, 4.69) is 10.3 Å². The number of fused-ring (bicyclic) bond motifs is 1. The first-order valence-corrected chi connectivity index (χ1v) is 8.36. The molecule has 124 valence electrons. The third kappa shape index (κ3) is 2.70. The third-order valence-electron chi connectivity index (χ3n) is 5.13. The van der Waals surface area contributed by atoms with E-state index in [-0.39, 0.29) is 34.9 Å². The fourth-order valence-corrected chi connectivity index (χ4v) is 3.91. The number of carbonyl (C=O) groups is 1. The van der Waals surface area contributed by atoms with Crippen molar-refractivity contribution >= 4 is 5.91 Å². The van der Waals surface area contributed by atoms with Crippen molar-refractivity contribution in [1.29, 1.82) is 0 Å². The zero-order chi connectivity index (χ0) is 16.6. The predicted molar refractivity (Wildman–Crippen MR) is 90.0 cm³/mol. The van der Waals surface area contributed by atoms with Crippen LogP contribution in [0.2, 0.25) is 0 Å². The lowest BCUT2D eigenvalue weighted by molar-refractivity contribution is 0.0830. The summed E-state index contributed by atoms with van der Waals surface area (Å²) in [5.74, 6) is 0.592. The van der Waals surface area contributed by atoms with E-state index < -0.39 is 0 Å². The lowest BCUT2D eigenvalue weighted by atomic mass is 9.77. The SMILES string of the molecule is O=C(NC12CCC(C1)C2)c1[nH]ccc(=O)c1OCc1ccccc1. The number of nitrogens with one attached hydrogen (secondary N) is 2. The monoisotopic (exact) mass is 324 g/mol. The highest BCUT2D eigenvalue weighted by molar-refractivity contribution is 5.95. The van der Waals surface area contributed by atoms with Crippen molar-refractivity contribution in [2.24, 2.45) is 5.92 Å². The molecule has 2 bridgehead atoms. The molecular weight excluding hydrogens is 304 g/mol. The lowest BCUT2D eigenvalue weighted by Gasteiger charge is -2.39. The van der Waals surface area contributed by atoms with Crippen LogP contribution in [0.3, 0.4) is 0 Å². The molecule has 3 aliphatic rings. The first-order valence-electron chi connectivity index (χ1n) is 8.36. The number of aromatic nitrogens is 1. The zero-order valence-electron chi connectivity index (χ0n) is 13.4. The summed E-state index contributed by atoms with van der Waals surface area (Å²) in [6.07, 6.45) is 5.80. The summed E-state index contributed by atoms with van der Waals surface area (Å²) in [6, 6.07) is 11.0. The quantitative estimate of drug-likeness (QED) is 0.888. The van der Waals surface area contributed by atoms with Crippen molar-refractivity contribution in [3.63, 3.8) is 0 Å². The van der Waals surface area contributed by atoms with Gasteiger partial charge in [-0.25, -0.2) is 0 Å². The molecule has 0 atom stereocenters. The van der Waals surface area contributed by atoms with E-state index in [4.69, 9.17) is 4.74 Å². The highest BCUT2D eigenvalue weighted by atomic mass is 16.5. The summed E-state index contributed by atoms with van der Waals surface area (Å²) >= 11 is 0. The van der Waals surface area contributed by atoms with E-state index in [1.165, 1.54) is 18.7 Å². The van der Waals surface area contributed by atoms with Crippen LogP contribution in [0.4, 0.5) is 0 Å². The van der Waals surface area contributed by atoms with Gasteiger partial charge in [-0.3, -0.25) is 9.59 Å². The average Bonchev–Trinajstić information content (AvgIpc) is 3.14. The van der Waals surface area contributed by atoms with Gasteiger partial charge in [0.05, 0.1) is 0 Å². The van der Waals surface area contributed by atoms with Crippen LogP contribution in [0.5, 0.6) is 5.75 Å². The van der Waals surface area contributed by atoms with Crippen molar-refractivity contribution in [3.8, 4) is 5.75 Å². The fourth-order valence-electron chi connectivity index (χ4n) is 3.91. The fraction of sp³-hybridized carbons (Fsp3) is 0.368. The van der Waals surface area contributed by atoms with E-state index >= 15 is 0 Å². The third-order valence-corrected chi connectivity index (χ3v) is 5.13. The second-order valence-electron chi connectivity index (χ2n) is 6.87. The minimum Gasteiger partial charge on any atom is -0.483 e. The Labute approximate surface area is 140 Å². The Morgan fingerprint density at radius 1 is 1.25 bits per heavy atom. The number of H-pyrrole nitrogens is 1. The molecule has 0 saturated heterocycles. The van der Waals surface area contributed by atoms with Gasteiger partial charge in [0.15, 0.2) is 11.4 Å². The summed E-state index contributed by atoms with van der Waals surface area (Å²) < 4.78 is 5.68. The molecule has 0 unspecified atom stereocenters. The number of rotatable bonds is 5. The standard InChI is InChI=1S/C19H20N2O3/c22-15-7-9-20-16(17(15)24-12-13-4-2-1-3-5-13)18(23)21-19-8-6-14(10-19)11-19/h1-5,7,9,14H,6,8,10-12H2,(H,20,22)(H,21,23). The number of carbonyl (C=O) groups excluding carboxylic acids is 1. The summed E-state index contributed by atoms with van der Waals surface area (Å²) in [6.45, 7) is 0.251. The Kier molecular flexibility index (Phi) is 3.63. The molecule has 1 amide bonds. The van der Waals surface area contributed by atoms with Crippen LogP contribution in [0, 0.1) is 5.92 Å². The number of aromatic amines is 1. The van der Waals surface area contributed by atoms with Gasteiger partial charge in [-0.15, -0.1) is 0 Å². The first kappa shape index (κ1) is 15.0. The van der Waals surface area contributed by atoms with Crippen LogP contribution in [0.1, 0.15) is 41.7 Å². The van der Waals surface area contributed by atoms with Gasteiger partial charge in [0.2, 0.25) is 5.43 Å². The minimum atomic E-state index is -0.287. The minimum absolute atomic E-state index is 0.0643. The van der Waals surface area contributed by atoms with Crippen molar-refractivity contribution in [2.45, 2.75) is 37.8 Å². The van der Waals surface area contributed by atoms with Crippen LogP contribution in [0.15, 0.2) is 47.4 Å². The molecule has 0 aliphatic heterocycles. The average molecular weight is 324 g/mol. The molecular formula is C19H20N2O3. The zero-order valence-corrected chi connectivity index (χ0v) is 13.4. The Morgan fingerprint density at radius 3 is 2.75 bits per heavy atom. The molecule has 5 nitrogen and oxygen atoms in total. The van der Waals surface area contributed by atoms with Gasteiger partial charge in [0, 0.05) is 17.8 Å². The highest BCUT2D eigenvalue weighted by Gasteiger charge is 2.51. The predicted octanol–water partition coefficient (Wildman–Crippen LogP) is 2.63. The van der Waals surface area contributed by atoms with Crippen LogP contribution >= 0.6 is 0 Å². The number of hydrogen-bond donors (Lipinski definition) is 2. The summed E-state index contributed by atoms with van der Waals surface area (Å²) in [7, 11) is 0. The van der Waals surface area contributed by atoms with Gasteiger partial charge in [-0.2, -0.15) is 0 Å². The van der Waals surface area contributed by atoms with Crippen LogP contribution in [0.25, 0.3) is 0 Å². The maximum Gasteiger partial charge on any atom is 0.272 e. The van der Waals surface area contributed by atoms with Gasteiger partial charge in [0.25, 0.3) is 5.91 Å². The topological polar surface area (TPSA) is 71.2 Å². The largest absolute Gasteiger partial charge is 0.483 e. The second-order valence-corrected chi connectivity index (χ2v) is 6.87. The van der Waals surface area contributed by atoms with E-state index in [9.17, 15) is 9.59 Å². The molecule has 3 fully saturated rings. The number of benzene rings is 1. The molecule has 2 N–H and O–H groups in total. The Morgan fingerprint density at radius 2 is 2.04 bits per heavy atom. The molecule has 3 saturated carbocycles. The van der Waals surface area contributed by atoms with Gasteiger partial charge in [-0.05, 0) is 37.2 Å². The summed E-state index contributed by atoms with van der Waals surface area (Å²) in [5.41, 5.74) is 0.808. The van der Waals surface area contributed by atoms with E-state index in [0.717, 1.165) is 30.7 Å². The molecule has 5 heteroatoms. The Hall–Kier alpha value is -2.56. The highest BCUT2D eigenvalue weighted by Crippen LogP contribution is 2.51. The van der Waals surface area contributed by atoms with Crippen molar-refractivity contribution < 1.29 is 9.53 Å². The molecule has 1 aromatic carbocycles. The maximum atomic E-state index is 12.7. The van der Waals surface area contributed by atoms with Gasteiger partial charge < -0.3 is 15.0 Å². The Bertz CT molecular complexity index is 801. The van der Waals surface area contributed by atoms with Crippen molar-refractivity contribution in [2.75, 3.05) is 0 Å². The second kappa shape index (κ2) is 5.82. The van der Waals surface area contributed by atoms with E-state index in [0.29, 0.717) is 0 Å². The summed E-state index contributed by atoms with van der Waals surface area (Å²) in [4.78, 5) is 27.7. The number of hydrogen-bond acceptors (Lipinski definition) is 3. The van der Waals surface area contributed by atoms with Crippen LogP contribution < -0.4 is 15.5 Å². The Balaban J connectivity index is 1.53. The van der Waals surface area contributed by atoms with Crippen molar-refractivity contribution in [3.05, 3.63) is 64.1 Å². The summed E-state index contributed by atoms with van der Waals surface area (Å²) in [5, 5.41) is 3.11. The van der Waals surface area contributed by atoms with Crippen LogP contribution in [-0.4, -0.2) is 16.4 Å². The first-order chi connectivity index (χ1) is 11.7.